The van der Waals surface area contributed by atoms with E-state index in [1.54, 1.807) is 43.5 Å². The van der Waals surface area contributed by atoms with E-state index in [-0.39, 0.29) is 23.9 Å². The number of pyridine rings is 1. The molecular weight excluding hydrogens is 366 g/mol. The molecule has 1 N–H and O–H groups in total. The van der Waals surface area contributed by atoms with Crippen LogP contribution in [0.3, 0.4) is 0 Å². The summed E-state index contributed by atoms with van der Waals surface area (Å²) in [7, 11) is 0. The molecule has 0 unspecified atom stereocenters. The number of aromatic nitrogens is 2. The number of fused-ring (bicyclic) bond motifs is 1. The Morgan fingerprint density at radius 1 is 1.19 bits per heavy atom. The van der Waals surface area contributed by atoms with Crippen LogP contribution >= 0.6 is 11.3 Å². The third kappa shape index (κ3) is 4.22. The van der Waals surface area contributed by atoms with Gasteiger partial charge in [0.25, 0.3) is 0 Å². The van der Waals surface area contributed by atoms with Gasteiger partial charge in [0.2, 0.25) is 5.91 Å². The Hall–Kier alpha value is -3.00. The van der Waals surface area contributed by atoms with Gasteiger partial charge in [0.1, 0.15) is 6.54 Å². The number of rotatable bonds is 5. The van der Waals surface area contributed by atoms with Crippen LogP contribution in [0.15, 0.2) is 35.1 Å². The number of nitrogens with zero attached hydrogens (tertiary/aromatic N) is 2. The monoisotopic (exact) mass is 385 g/mol. The molecule has 2 aromatic heterocycles. The lowest BCUT2D eigenvalue weighted by molar-refractivity contribution is -0.116. The summed E-state index contributed by atoms with van der Waals surface area (Å²) in [6.07, 6.45) is 0. The minimum atomic E-state index is -0.387. The second kappa shape index (κ2) is 7.71. The fraction of sp³-hybridized carbons (Fsp3) is 0.263. The second-order valence-corrected chi connectivity index (χ2v) is 7.06. The highest BCUT2D eigenvalue weighted by Gasteiger charge is 2.13. The Labute approximate surface area is 159 Å². The number of esters is 1. The molecule has 0 saturated heterocycles. The molecule has 0 aliphatic heterocycles. The standard InChI is InChI=1S/C19H19N3O4S/c1-4-26-18(25)13-5-6-15-16(9-13)27-19(20-15)21-17(24)10-22-11(2)7-14(23)8-12(22)3/h5-9H,4,10H2,1-3H3,(H,20,21,24). The molecule has 1 amide bonds. The molecule has 0 aliphatic rings. The molecule has 3 aromatic rings. The molecule has 27 heavy (non-hydrogen) atoms. The molecule has 0 saturated carbocycles. The molecule has 0 spiro atoms. The number of carbonyl (C=O) groups excluding carboxylic acids is 2. The van der Waals surface area contributed by atoms with Crippen molar-refractivity contribution in [1.29, 1.82) is 0 Å². The van der Waals surface area contributed by atoms with Gasteiger partial charge in [0.05, 0.1) is 22.4 Å². The molecular formula is C19H19N3O4S. The molecule has 7 nitrogen and oxygen atoms in total. The normalized spacial score (nSPS) is 10.8. The van der Waals surface area contributed by atoms with Gasteiger partial charge in [-0.3, -0.25) is 9.59 Å². The smallest absolute Gasteiger partial charge is 0.338 e. The number of benzene rings is 1. The molecule has 0 atom stereocenters. The first-order chi connectivity index (χ1) is 12.9. The van der Waals surface area contributed by atoms with E-state index in [1.807, 2.05) is 0 Å². The van der Waals surface area contributed by atoms with Crippen LogP contribution < -0.4 is 10.7 Å². The van der Waals surface area contributed by atoms with Crippen LogP contribution in [0.25, 0.3) is 10.2 Å². The number of nitrogens with one attached hydrogen (secondary N) is 1. The Kier molecular flexibility index (Phi) is 5.36. The Bertz CT molecular complexity index is 1060. The predicted octanol–water partition coefficient (Wildman–Crippen LogP) is 2.89. The summed E-state index contributed by atoms with van der Waals surface area (Å²) in [6, 6.07) is 8.07. The van der Waals surface area contributed by atoms with Gasteiger partial charge in [0.15, 0.2) is 10.6 Å². The lowest BCUT2D eigenvalue weighted by Gasteiger charge is -2.13. The quantitative estimate of drug-likeness (QED) is 0.682. The van der Waals surface area contributed by atoms with Crippen molar-refractivity contribution in [2.75, 3.05) is 11.9 Å². The van der Waals surface area contributed by atoms with Crippen LogP contribution in [0.5, 0.6) is 0 Å². The number of aryl methyl sites for hydroxylation is 2. The highest BCUT2D eigenvalue weighted by atomic mass is 32.1. The van der Waals surface area contributed by atoms with Crippen molar-refractivity contribution in [2.24, 2.45) is 0 Å². The first kappa shape index (κ1) is 18.8. The van der Waals surface area contributed by atoms with E-state index in [0.29, 0.717) is 22.8 Å². The number of thiazole rings is 1. The molecule has 0 bridgehead atoms. The molecule has 0 fully saturated rings. The second-order valence-electron chi connectivity index (χ2n) is 6.03. The number of hydrogen-bond acceptors (Lipinski definition) is 6. The van der Waals surface area contributed by atoms with Crippen molar-refractivity contribution in [3.8, 4) is 0 Å². The fourth-order valence-electron chi connectivity index (χ4n) is 2.76. The van der Waals surface area contributed by atoms with Gasteiger partial charge >= 0.3 is 5.97 Å². The summed E-state index contributed by atoms with van der Waals surface area (Å²) in [5, 5.41) is 3.23. The van der Waals surface area contributed by atoms with E-state index in [1.165, 1.54) is 23.5 Å². The van der Waals surface area contributed by atoms with Gasteiger partial charge in [0, 0.05) is 23.5 Å². The largest absolute Gasteiger partial charge is 0.462 e. The van der Waals surface area contributed by atoms with Gasteiger partial charge in [-0.1, -0.05) is 11.3 Å². The van der Waals surface area contributed by atoms with E-state index in [2.05, 4.69) is 10.3 Å². The van der Waals surface area contributed by atoms with Crippen molar-refractivity contribution in [3.05, 3.63) is 57.5 Å². The zero-order chi connectivity index (χ0) is 19.6. The lowest BCUT2D eigenvalue weighted by atomic mass is 10.2. The third-order valence-corrected chi connectivity index (χ3v) is 4.94. The van der Waals surface area contributed by atoms with Crippen molar-refractivity contribution >= 4 is 38.6 Å². The summed E-state index contributed by atoms with van der Waals surface area (Å²) >= 11 is 1.29. The zero-order valence-electron chi connectivity index (χ0n) is 15.2. The maximum absolute atomic E-state index is 12.4. The number of anilines is 1. The summed E-state index contributed by atoms with van der Waals surface area (Å²) in [5.74, 6) is -0.628. The summed E-state index contributed by atoms with van der Waals surface area (Å²) in [5.41, 5.74) is 2.51. The highest BCUT2D eigenvalue weighted by Crippen LogP contribution is 2.27. The minimum absolute atomic E-state index is 0.0785. The van der Waals surface area contributed by atoms with Crippen molar-refractivity contribution < 1.29 is 14.3 Å². The Morgan fingerprint density at radius 2 is 1.89 bits per heavy atom. The van der Waals surface area contributed by atoms with Crippen molar-refractivity contribution in [1.82, 2.24) is 9.55 Å². The maximum atomic E-state index is 12.4. The number of hydrogen-bond donors (Lipinski definition) is 1. The first-order valence-corrected chi connectivity index (χ1v) is 9.24. The van der Waals surface area contributed by atoms with Crippen LogP contribution in [0, 0.1) is 13.8 Å². The SMILES string of the molecule is CCOC(=O)c1ccc2nc(NC(=O)Cn3c(C)cc(=O)cc3C)sc2c1. The fourth-order valence-corrected chi connectivity index (χ4v) is 3.68. The van der Waals surface area contributed by atoms with Crippen molar-refractivity contribution in [3.63, 3.8) is 0 Å². The maximum Gasteiger partial charge on any atom is 0.338 e. The summed E-state index contributed by atoms with van der Waals surface area (Å²) in [6.45, 7) is 5.72. The third-order valence-electron chi connectivity index (χ3n) is 4.00. The van der Waals surface area contributed by atoms with Gasteiger partial charge in [-0.05, 0) is 39.0 Å². The van der Waals surface area contributed by atoms with Crippen LogP contribution in [-0.4, -0.2) is 28.0 Å². The molecule has 0 aliphatic carbocycles. The number of ether oxygens (including phenoxy) is 1. The van der Waals surface area contributed by atoms with E-state index < -0.39 is 0 Å². The Balaban J connectivity index is 1.77. The molecule has 3 rings (SSSR count). The Morgan fingerprint density at radius 3 is 2.56 bits per heavy atom. The molecule has 1 aromatic carbocycles. The molecule has 0 radical (unpaired) electrons. The highest BCUT2D eigenvalue weighted by molar-refractivity contribution is 7.22. The molecule has 2 heterocycles. The van der Waals surface area contributed by atoms with Crippen LogP contribution in [0.4, 0.5) is 5.13 Å². The average Bonchev–Trinajstić information content (AvgIpc) is 2.99. The summed E-state index contributed by atoms with van der Waals surface area (Å²) in [4.78, 5) is 40.1. The van der Waals surface area contributed by atoms with E-state index in [0.717, 1.165) is 16.1 Å². The predicted molar refractivity (Wildman–Crippen MR) is 104 cm³/mol. The van der Waals surface area contributed by atoms with E-state index in [4.69, 9.17) is 4.74 Å². The molecule has 140 valence electrons. The molecule has 8 heteroatoms. The topological polar surface area (TPSA) is 90.3 Å². The lowest BCUT2D eigenvalue weighted by Crippen LogP contribution is -2.23. The van der Waals surface area contributed by atoms with Crippen LogP contribution in [-0.2, 0) is 16.1 Å². The van der Waals surface area contributed by atoms with Crippen molar-refractivity contribution in [2.45, 2.75) is 27.3 Å². The van der Waals surface area contributed by atoms with Crippen LogP contribution in [0.1, 0.15) is 28.7 Å². The first-order valence-electron chi connectivity index (χ1n) is 8.43. The van der Waals surface area contributed by atoms with Gasteiger partial charge < -0.3 is 14.6 Å². The van der Waals surface area contributed by atoms with E-state index in [9.17, 15) is 14.4 Å². The van der Waals surface area contributed by atoms with Crippen LogP contribution in [0.2, 0.25) is 0 Å². The number of carbonyl (C=O) groups is 2. The summed E-state index contributed by atoms with van der Waals surface area (Å²) < 4.78 is 7.55. The zero-order valence-corrected chi connectivity index (χ0v) is 16.1. The van der Waals surface area contributed by atoms with Gasteiger partial charge in [-0.2, -0.15) is 0 Å². The minimum Gasteiger partial charge on any atom is -0.462 e. The number of amides is 1. The average molecular weight is 385 g/mol. The van der Waals surface area contributed by atoms with E-state index >= 15 is 0 Å². The van der Waals surface area contributed by atoms with Gasteiger partial charge in [-0.15, -0.1) is 0 Å². The van der Waals surface area contributed by atoms with Gasteiger partial charge in [-0.25, -0.2) is 9.78 Å².